The van der Waals surface area contributed by atoms with E-state index in [4.69, 9.17) is 0 Å². The summed E-state index contributed by atoms with van der Waals surface area (Å²) in [5.41, 5.74) is 0. The highest BCUT2D eigenvalue weighted by molar-refractivity contribution is 7.91. The maximum atomic E-state index is 11.7. The monoisotopic (exact) mass is 284 g/mol. The third kappa shape index (κ3) is 4.39. The molecule has 2 N–H and O–H groups in total. The van der Waals surface area contributed by atoms with Crippen molar-refractivity contribution in [2.24, 2.45) is 0 Å². The molecule has 4 nitrogen and oxygen atoms in total. The predicted octanol–water partition coefficient (Wildman–Crippen LogP) is 1.23. The zero-order chi connectivity index (χ0) is 11.3. The van der Waals surface area contributed by atoms with E-state index in [1.165, 1.54) is 11.3 Å². The summed E-state index contributed by atoms with van der Waals surface area (Å²) < 4.78 is 26.3. The van der Waals surface area contributed by atoms with Crippen LogP contribution in [0.5, 0.6) is 0 Å². The number of sulfonamides is 1. The second-order valence-electron chi connectivity index (χ2n) is 3.08. The molecule has 0 aliphatic carbocycles. The Balaban J connectivity index is 0.00000225. The zero-order valence-corrected chi connectivity index (χ0v) is 11.8. The second kappa shape index (κ2) is 7.24. The van der Waals surface area contributed by atoms with Crippen LogP contribution in [0.4, 0.5) is 0 Å². The molecule has 0 unspecified atom stereocenters. The summed E-state index contributed by atoms with van der Waals surface area (Å²) in [7, 11) is -1.51. The molecule has 94 valence electrons. The number of thiophene rings is 1. The molecule has 16 heavy (non-hydrogen) atoms. The summed E-state index contributed by atoms with van der Waals surface area (Å²) >= 11 is 1.33. The van der Waals surface area contributed by atoms with E-state index in [2.05, 4.69) is 10.0 Å². The first-order valence-corrected chi connectivity index (χ1v) is 7.13. The smallest absolute Gasteiger partial charge is 0.250 e. The lowest BCUT2D eigenvalue weighted by atomic mass is 10.4. The first kappa shape index (κ1) is 15.9. The third-order valence-corrected chi connectivity index (χ3v) is 5.10. The fourth-order valence-electron chi connectivity index (χ4n) is 1.07. The molecule has 0 saturated carbocycles. The van der Waals surface area contributed by atoms with Crippen LogP contribution in [-0.2, 0) is 16.4 Å². The Bertz CT molecular complexity index is 403. The first-order valence-electron chi connectivity index (χ1n) is 4.83. The van der Waals surface area contributed by atoms with E-state index in [1.54, 1.807) is 13.1 Å². The van der Waals surface area contributed by atoms with E-state index >= 15 is 0 Å². The lowest BCUT2D eigenvalue weighted by molar-refractivity contribution is 0.581. The topological polar surface area (TPSA) is 58.2 Å². The molecule has 0 bridgehead atoms. The number of aryl methyl sites for hydroxylation is 1. The van der Waals surface area contributed by atoms with Crippen molar-refractivity contribution in [1.29, 1.82) is 0 Å². The van der Waals surface area contributed by atoms with Gasteiger partial charge in [-0.2, -0.15) is 0 Å². The minimum Gasteiger partial charge on any atom is -0.318 e. The zero-order valence-electron chi connectivity index (χ0n) is 9.32. The van der Waals surface area contributed by atoms with Crippen molar-refractivity contribution >= 4 is 33.8 Å². The molecule has 0 spiro atoms. The summed E-state index contributed by atoms with van der Waals surface area (Å²) in [4.78, 5) is 1.09. The quantitative estimate of drug-likeness (QED) is 0.773. The molecular formula is C9H17ClN2O2S2. The molecule has 0 atom stereocenters. The molecular weight excluding hydrogens is 268 g/mol. The van der Waals surface area contributed by atoms with E-state index in [9.17, 15) is 8.42 Å². The van der Waals surface area contributed by atoms with E-state index in [0.717, 1.165) is 11.3 Å². The molecule has 1 aromatic rings. The Morgan fingerprint density at radius 2 is 2.00 bits per heavy atom. The Morgan fingerprint density at radius 1 is 1.31 bits per heavy atom. The van der Waals surface area contributed by atoms with Crippen LogP contribution >= 0.6 is 23.7 Å². The van der Waals surface area contributed by atoms with Gasteiger partial charge in [-0.3, -0.25) is 0 Å². The number of likely N-dealkylation sites (N-methyl/N-ethyl adjacent to an activating group) is 1. The van der Waals surface area contributed by atoms with Crippen LogP contribution in [0.1, 0.15) is 11.8 Å². The van der Waals surface area contributed by atoms with Crippen molar-refractivity contribution in [3.05, 3.63) is 17.0 Å². The van der Waals surface area contributed by atoms with Crippen LogP contribution in [0.25, 0.3) is 0 Å². The average Bonchev–Trinajstić information content (AvgIpc) is 2.66. The van der Waals surface area contributed by atoms with E-state index in [0.29, 0.717) is 17.3 Å². The predicted molar refractivity (Wildman–Crippen MR) is 70.1 cm³/mol. The summed E-state index contributed by atoms with van der Waals surface area (Å²) in [6.07, 6.45) is 0.872. The number of nitrogens with one attached hydrogen (secondary N) is 2. The molecule has 0 aliphatic rings. The standard InChI is InChI=1S/C9H16N2O2S2.ClH/c1-3-8-4-5-9(14-8)15(12,13)11-7-6-10-2;/h4-5,10-11H,3,6-7H2,1-2H3;1H. The lowest BCUT2D eigenvalue weighted by Crippen LogP contribution is -2.30. The molecule has 0 fully saturated rings. The molecule has 0 saturated heterocycles. The number of halogens is 1. The second-order valence-corrected chi connectivity index (χ2v) is 6.24. The highest BCUT2D eigenvalue weighted by Gasteiger charge is 2.15. The van der Waals surface area contributed by atoms with Gasteiger partial charge in [-0.1, -0.05) is 6.92 Å². The minimum absolute atomic E-state index is 0. The van der Waals surface area contributed by atoms with E-state index in [-0.39, 0.29) is 12.4 Å². The maximum Gasteiger partial charge on any atom is 0.250 e. The maximum absolute atomic E-state index is 11.7. The van der Waals surface area contributed by atoms with Gasteiger partial charge in [0.15, 0.2) is 0 Å². The van der Waals surface area contributed by atoms with Crippen LogP contribution in [0.15, 0.2) is 16.3 Å². The number of hydrogen-bond donors (Lipinski definition) is 2. The van der Waals surface area contributed by atoms with Gasteiger partial charge >= 0.3 is 0 Å². The SMILES string of the molecule is CCc1ccc(S(=O)(=O)NCCNC)s1.Cl. The molecule has 1 aromatic heterocycles. The normalized spacial score (nSPS) is 11.1. The Hall–Kier alpha value is -0.140. The Labute approximate surface area is 107 Å². The van der Waals surface area contributed by atoms with Crippen LogP contribution in [0.3, 0.4) is 0 Å². The van der Waals surface area contributed by atoms with Crippen molar-refractivity contribution in [1.82, 2.24) is 10.0 Å². The molecule has 1 heterocycles. The molecule has 7 heteroatoms. The van der Waals surface area contributed by atoms with Gasteiger partial charge < -0.3 is 5.32 Å². The Kier molecular flexibility index (Phi) is 7.17. The van der Waals surface area contributed by atoms with Crippen molar-refractivity contribution < 1.29 is 8.42 Å². The summed E-state index contributed by atoms with van der Waals surface area (Å²) in [5, 5.41) is 2.88. The van der Waals surface area contributed by atoms with Crippen LogP contribution < -0.4 is 10.0 Å². The number of rotatable bonds is 6. The molecule has 1 rings (SSSR count). The largest absolute Gasteiger partial charge is 0.318 e. The van der Waals surface area contributed by atoms with Gasteiger partial charge in [0, 0.05) is 18.0 Å². The summed E-state index contributed by atoms with van der Waals surface area (Å²) in [6.45, 7) is 3.06. The average molecular weight is 285 g/mol. The highest BCUT2D eigenvalue weighted by Crippen LogP contribution is 2.21. The van der Waals surface area contributed by atoms with Crippen LogP contribution in [0, 0.1) is 0 Å². The molecule has 0 radical (unpaired) electrons. The molecule has 0 aromatic carbocycles. The van der Waals surface area contributed by atoms with Crippen molar-refractivity contribution in [3.8, 4) is 0 Å². The van der Waals surface area contributed by atoms with Gasteiger partial charge in [0.05, 0.1) is 0 Å². The van der Waals surface area contributed by atoms with Crippen molar-refractivity contribution in [2.45, 2.75) is 17.6 Å². The fourth-order valence-corrected chi connectivity index (χ4v) is 3.45. The van der Waals surface area contributed by atoms with E-state index < -0.39 is 10.0 Å². The Morgan fingerprint density at radius 3 is 2.50 bits per heavy atom. The number of hydrogen-bond acceptors (Lipinski definition) is 4. The molecule has 0 amide bonds. The van der Waals surface area contributed by atoms with Gasteiger partial charge in [0.2, 0.25) is 10.0 Å². The van der Waals surface area contributed by atoms with E-state index in [1.807, 2.05) is 13.0 Å². The first-order chi connectivity index (χ1) is 7.10. The highest BCUT2D eigenvalue weighted by atomic mass is 35.5. The van der Waals surface area contributed by atoms with Gasteiger partial charge in [-0.25, -0.2) is 13.1 Å². The van der Waals surface area contributed by atoms with Gasteiger partial charge in [0.1, 0.15) is 4.21 Å². The van der Waals surface area contributed by atoms with Crippen molar-refractivity contribution in [2.75, 3.05) is 20.1 Å². The van der Waals surface area contributed by atoms with Gasteiger partial charge in [-0.15, -0.1) is 23.7 Å². The van der Waals surface area contributed by atoms with Crippen molar-refractivity contribution in [3.63, 3.8) is 0 Å². The minimum atomic E-state index is -3.29. The third-order valence-electron chi connectivity index (χ3n) is 1.92. The summed E-state index contributed by atoms with van der Waals surface area (Å²) in [6, 6.07) is 3.52. The molecule has 0 aliphatic heterocycles. The van der Waals surface area contributed by atoms with Crippen LogP contribution in [0.2, 0.25) is 0 Å². The fraction of sp³-hybridized carbons (Fsp3) is 0.556. The van der Waals surface area contributed by atoms with Crippen LogP contribution in [-0.4, -0.2) is 28.6 Å². The van der Waals surface area contributed by atoms with Gasteiger partial charge in [-0.05, 0) is 25.6 Å². The summed E-state index contributed by atoms with van der Waals surface area (Å²) in [5.74, 6) is 0. The lowest BCUT2D eigenvalue weighted by Gasteiger charge is -2.03. The van der Waals surface area contributed by atoms with Gasteiger partial charge in [0.25, 0.3) is 0 Å².